The van der Waals surface area contributed by atoms with Gasteiger partial charge in [0.1, 0.15) is 0 Å². The SMILES string of the molecule is CCCCCCc1ccc(CCC2=CCC(CCC3CCC(CC)CC3)CC2)cc1. The molecule has 2 aliphatic carbocycles. The van der Waals surface area contributed by atoms with Gasteiger partial charge in [-0.15, -0.1) is 0 Å². The smallest absolute Gasteiger partial charge is 0.0241 e. The zero-order valence-corrected chi connectivity index (χ0v) is 20.1. The number of benzene rings is 1. The lowest BCUT2D eigenvalue weighted by Crippen LogP contribution is -2.15. The highest BCUT2D eigenvalue weighted by atomic mass is 14.3. The lowest BCUT2D eigenvalue weighted by Gasteiger charge is -2.29. The Bertz CT molecular complexity index is 599. The second-order valence-corrected chi connectivity index (χ2v) is 10.5. The maximum Gasteiger partial charge on any atom is -0.0241 e. The zero-order chi connectivity index (χ0) is 21.0. The van der Waals surface area contributed by atoms with E-state index in [1.807, 2.05) is 0 Å². The lowest BCUT2D eigenvalue weighted by molar-refractivity contribution is 0.241. The Morgan fingerprint density at radius 2 is 1.33 bits per heavy atom. The van der Waals surface area contributed by atoms with E-state index in [1.165, 1.54) is 120 Å². The molecule has 1 aromatic rings. The molecule has 1 unspecified atom stereocenters. The second kappa shape index (κ2) is 13.4. The number of unbranched alkanes of at least 4 members (excludes halogenated alkanes) is 3. The topological polar surface area (TPSA) is 0 Å². The molecule has 0 nitrogen and oxygen atoms in total. The maximum absolute atomic E-state index is 2.62. The molecule has 2 aliphatic rings. The van der Waals surface area contributed by atoms with Crippen molar-refractivity contribution in [3.05, 3.63) is 47.0 Å². The molecule has 1 aromatic carbocycles. The molecule has 1 saturated carbocycles. The van der Waals surface area contributed by atoms with E-state index < -0.39 is 0 Å². The molecule has 1 fully saturated rings. The summed E-state index contributed by atoms with van der Waals surface area (Å²) in [4.78, 5) is 0. The molecule has 0 heteroatoms. The van der Waals surface area contributed by atoms with Gasteiger partial charge in [-0.1, -0.05) is 108 Å². The highest BCUT2D eigenvalue weighted by molar-refractivity contribution is 5.23. The molecule has 30 heavy (non-hydrogen) atoms. The molecule has 0 N–H and O–H groups in total. The minimum Gasteiger partial charge on any atom is -0.0850 e. The van der Waals surface area contributed by atoms with Gasteiger partial charge in [-0.2, -0.15) is 0 Å². The van der Waals surface area contributed by atoms with Gasteiger partial charge in [-0.3, -0.25) is 0 Å². The molecule has 1 atom stereocenters. The maximum atomic E-state index is 2.62. The Morgan fingerprint density at radius 1 is 0.667 bits per heavy atom. The summed E-state index contributed by atoms with van der Waals surface area (Å²) in [6.45, 7) is 4.66. The number of rotatable bonds is 12. The van der Waals surface area contributed by atoms with E-state index in [0.717, 1.165) is 17.8 Å². The summed E-state index contributed by atoms with van der Waals surface area (Å²) in [7, 11) is 0. The number of hydrogen-bond acceptors (Lipinski definition) is 0. The number of aryl methyl sites for hydroxylation is 2. The zero-order valence-electron chi connectivity index (χ0n) is 20.1. The van der Waals surface area contributed by atoms with Gasteiger partial charge in [-0.25, -0.2) is 0 Å². The Balaban J connectivity index is 1.30. The van der Waals surface area contributed by atoms with Gasteiger partial charge in [0, 0.05) is 0 Å². The molecule has 0 heterocycles. The minimum absolute atomic E-state index is 0.977. The van der Waals surface area contributed by atoms with Crippen LogP contribution in [0.2, 0.25) is 0 Å². The van der Waals surface area contributed by atoms with Gasteiger partial charge in [0.2, 0.25) is 0 Å². The van der Waals surface area contributed by atoms with Gasteiger partial charge in [0.15, 0.2) is 0 Å². The molecular formula is C30H48. The fourth-order valence-corrected chi connectivity index (χ4v) is 5.77. The van der Waals surface area contributed by atoms with Crippen LogP contribution in [0.1, 0.15) is 121 Å². The van der Waals surface area contributed by atoms with E-state index in [2.05, 4.69) is 44.2 Å². The van der Waals surface area contributed by atoms with Crippen molar-refractivity contribution in [1.29, 1.82) is 0 Å². The van der Waals surface area contributed by atoms with Gasteiger partial charge in [0.05, 0.1) is 0 Å². The van der Waals surface area contributed by atoms with Gasteiger partial charge >= 0.3 is 0 Å². The van der Waals surface area contributed by atoms with Crippen molar-refractivity contribution in [2.45, 2.75) is 123 Å². The summed E-state index contributed by atoms with van der Waals surface area (Å²) in [5, 5.41) is 0. The molecule has 0 bridgehead atoms. The molecule has 0 aromatic heterocycles. The van der Waals surface area contributed by atoms with Gasteiger partial charge in [0.25, 0.3) is 0 Å². The van der Waals surface area contributed by atoms with E-state index in [0.29, 0.717) is 0 Å². The molecule has 0 amide bonds. The monoisotopic (exact) mass is 408 g/mol. The summed E-state index contributed by atoms with van der Waals surface area (Å²) in [6, 6.07) is 9.52. The van der Waals surface area contributed by atoms with Crippen LogP contribution in [0, 0.1) is 17.8 Å². The van der Waals surface area contributed by atoms with E-state index in [9.17, 15) is 0 Å². The minimum atomic E-state index is 0.977. The van der Waals surface area contributed by atoms with Crippen molar-refractivity contribution in [3.8, 4) is 0 Å². The van der Waals surface area contributed by atoms with Crippen molar-refractivity contribution in [2.24, 2.45) is 17.8 Å². The molecule has 0 radical (unpaired) electrons. The van der Waals surface area contributed by atoms with Crippen LogP contribution in [-0.2, 0) is 12.8 Å². The lowest BCUT2D eigenvalue weighted by atomic mass is 9.76. The number of hydrogen-bond donors (Lipinski definition) is 0. The first kappa shape index (κ1) is 23.6. The Hall–Kier alpha value is -1.04. The fourth-order valence-electron chi connectivity index (χ4n) is 5.77. The third-order valence-electron chi connectivity index (χ3n) is 8.22. The van der Waals surface area contributed by atoms with Gasteiger partial charge in [-0.05, 0) is 80.2 Å². The van der Waals surface area contributed by atoms with Crippen LogP contribution in [0.5, 0.6) is 0 Å². The van der Waals surface area contributed by atoms with Crippen LogP contribution in [0.4, 0.5) is 0 Å². The Morgan fingerprint density at radius 3 is 1.97 bits per heavy atom. The van der Waals surface area contributed by atoms with E-state index in [1.54, 1.807) is 5.57 Å². The second-order valence-electron chi connectivity index (χ2n) is 10.5. The van der Waals surface area contributed by atoms with E-state index in [4.69, 9.17) is 0 Å². The summed E-state index contributed by atoms with van der Waals surface area (Å²) < 4.78 is 0. The van der Waals surface area contributed by atoms with Crippen LogP contribution >= 0.6 is 0 Å². The highest BCUT2D eigenvalue weighted by Crippen LogP contribution is 2.36. The number of allylic oxidation sites excluding steroid dienone is 2. The summed E-state index contributed by atoms with van der Waals surface area (Å²) in [5.41, 5.74) is 4.79. The molecule has 0 saturated heterocycles. The summed E-state index contributed by atoms with van der Waals surface area (Å²) in [5.74, 6) is 3.07. The molecule has 168 valence electrons. The highest BCUT2D eigenvalue weighted by Gasteiger charge is 2.21. The van der Waals surface area contributed by atoms with Gasteiger partial charge < -0.3 is 0 Å². The van der Waals surface area contributed by atoms with Crippen LogP contribution in [-0.4, -0.2) is 0 Å². The predicted molar refractivity (Wildman–Crippen MR) is 133 cm³/mol. The largest absolute Gasteiger partial charge is 0.0850 e. The molecule has 0 aliphatic heterocycles. The van der Waals surface area contributed by atoms with Crippen molar-refractivity contribution in [1.82, 2.24) is 0 Å². The van der Waals surface area contributed by atoms with Crippen molar-refractivity contribution < 1.29 is 0 Å². The third-order valence-corrected chi connectivity index (χ3v) is 8.22. The van der Waals surface area contributed by atoms with Crippen LogP contribution < -0.4 is 0 Å². The third kappa shape index (κ3) is 8.24. The average molecular weight is 409 g/mol. The van der Waals surface area contributed by atoms with Crippen LogP contribution in [0.25, 0.3) is 0 Å². The normalized spacial score (nSPS) is 24.6. The quantitative estimate of drug-likeness (QED) is 0.238. The first-order valence-corrected chi connectivity index (χ1v) is 13.5. The first-order chi connectivity index (χ1) is 14.8. The Kier molecular flexibility index (Phi) is 10.5. The van der Waals surface area contributed by atoms with Crippen LogP contribution in [0.3, 0.4) is 0 Å². The molecule has 3 rings (SSSR count). The predicted octanol–water partition coefficient (Wildman–Crippen LogP) is 9.47. The summed E-state index contributed by atoms with van der Waals surface area (Å²) >= 11 is 0. The molecule has 0 spiro atoms. The van der Waals surface area contributed by atoms with E-state index in [-0.39, 0.29) is 0 Å². The first-order valence-electron chi connectivity index (χ1n) is 13.5. The molecular weight excluding hydrogens is 360 g/mol. The van der Waals surface area contributed by atoms with E-state index >= 15 is 0 Å². The fraction of sp³-hybridized carbons (Fsp3) is 0.733. The van der Waals surface area contributed by atoms with Crippen molar-refractivity contribution in [3.63, 3.8) is 0 Å². The van der Waals surface area contributed by atoms with Crippen molar-refractivity contribution in [2.75, 3.05) is 0 Å². The van der Waals surface area contributed by atoms with Crippen LogP contribution in [0.15, 0.2) is 35.9 Å². The van der Waals surface area contributed by atoms with Crippen molar-refractivity contribution >= 4 is 0 Å². The average Bonchev–Trinajstić information content (AvgIpc) is 2.81. The standard InChI is InChI=1S/C30H48/c1-3-5-6-7-8-26-13-15-28(16-14-26)19-20-30-23-21-29(22-24-30)18-17-27-11-9-25(4-2)10-12-27/h13-16,23,25,27,29H,3-12,17-22,24H2,1-2H3. The summed E-state index contributed by atoms with van der Waals surface area (Å²) in [6.07, 6.45) is 26.5. The Labute approximate surface area is 187 Å².